The van der Waals surface area contributed by atoms with Gasteiger partial charge in [0.05, 0.1) is 0 Å². The third kappa shape index (κ3) is 4.33. The number of amides is 4. The molecule has 1 aliphatic carbocycles. The van der Waals surface area contributed by atoms with Crippen LogP contribution in [0.15, 0.2) is 24.3 Å². The van der Waals surface area contributed by atoms with Gasteiger partial charge in [-0.3, -0.25) is 9.59 Å². The largest absolute Gasteiger partial charge is 0.352 e. The molecule has 26 heavy (non-hydrogen) atoms. The predicted octanol–water partition coefficient (Wildman–Crippen LogP) is 1.34. The summed E-state index contributed by atoms with van der Waals surface area (Å²) in [6, 6.07) is 6.90. The minimum Gasteiger partial charge on any atom is -0.352 e. The van der Waals surface area contributed by atoms with Crippen molar-refractivity contribution in [3.63, 3.8) is 0 Å². The highest BCUT2D eigenvalue weighted by molar-refractivity contribution is 5.93. The molecule has 4 amide bonds. The van der Waals surface area contributed by atoms with Crippen molar-refractivity contribution in [3.8, 4) is 0 Å². The van der Waals surface area contributed by atoms with Crippen molar-refractivity contribution in [2.45, 2.75) is 44.3 Å². The highest BCUT2D eigenvalue weighted by Gasteiger charge is 2.36. The molecular formula is C19H26N4O3. The van der Waals surface area contributed by atoms with Crippen LogP contribution in [0, 0.1) is 0 Å². The van der Waals surface area contributed by atoms with Gasteiger partial charge in [-0.25, -0.2) is 4.79 Å². The third-order valence-electron chi connectivity index (χ3n) is 4.79. The maximum absolute atomic E-state index is 12.5. The molecule has 0 spiro atoms. The highest BCUT2D eigenvalue weighted by atomic mass is 16.2. The molecule has 1 saturated heterocycles. The second-order valence-electron chi connectivity index (χ2n) is 7.19. The predicted molar refractivity (Wildman–Crippen MR) is 97.6 cm³/mol. The van der Waals surface area contributed by atoms with E-state index >= 15 is 0 Å². The number of benzene rings is 1. The van der Waals surface area contributed by atoms with Crippen molar-refractivity contribution in [1.82, 2.24) is 20.4 Å². The number of hydrogen-bond acceptors (Lipinski definition) is 3. The lowest BCUT2D eigenvalue weighted by Gasteiger charge is -2.24. The Kier molecular flexibility index (Phi) is 5.44. The summed E-state index contributed by atoms with van der Waals surface area (Å²) < 4.78 is 0. The summed E-state index contributed by atoms with van der Waals surface area (Å²) in [6.45, 7) is 0.966. The number of carbonyl (C=O) groups is 3. The van der Waals surface area contributed by atoms with Crippen LogP contribution in [0.3, 0.4) is 0 Å². The van der Waals surface area contributed by atoms with Crippen molar-refractivity contribution in [2.75, 3.05) is 20.6 Å². The first-order chi connectivity index (χ1) is 12.5. The minimum atomic E-state index is -0.365. The normalized spacial score (nSPS) is 19.2. The van der Waals surface area contributed by atoms with Gasteiger partial charge in [-0.15, -0.1) is 0 Å². The van der Waals surface area contributed by atoms with Gasteiger partial charge in [-0.2, -0.15) is 0 Å². The van der Waals surface area contributed by atoms with Crippen LogP contribution >= 0.6 is 0 Å². The van der Waals surface area contributed by atoms with Gasteiger partial charge in [0.2, 0.25) is 5.91 Å². The van der Waals surface area contributed by atoms with E-state index < -0.39 is 0 Å². The van der Waals surface area contributed by atoms with Crippen molar-refractivity contribution < 1.29 is 14.4 Å². The minimum absolute atomic E-state index is 0.0355. The molecule has 2 N–H and O–H groups in total. The first-order valence-electron chi connectivity index (χ1n) is 9.11. The molecule has 1 atom stereocenters. The van der Waals surface area contributed by atoms with Gasteiger partial charge < -0.3 is 20.4 Å². The zero-order valence-corrected chi connectivity index (χ0v) is 15.3. The summed E-state index contributed by atoms with van der Waals surface area (Å²) in [6.07, 6.45) is 3.64. The SMILES string of the molecule is CN(C)C(=O)c1ccc(CNC(=O)N2CCCC2C(=O)NC2CC2)cc1. The van der Waals surface area contributed by atoms with Gasteiger partial charge in [0, 0.05) is 38.8 Å². The van der Waals surface area contributed by atoms with Crippen molar-refractivity contribution in [2.24, 2.45) is 0 Å². The molecule has 2 aliphatic rings. The lowest BCUT2D eigenvalue weighted by atomic mass is 10.1. The number of hydrogen-bond donors (Lipinski definition) is 2. The molecule has 1 unspecified atom stereocenters. The summed E-state index contributed by atoms with van der Waals surface area (Å²) in [5.74, 6) is -0.0890. The fourth-order valence-corrected chi connectivity index (χ4v) is 3.11. The van der Waals surface area contributed by atoms with Crippen LogP contribution in [0.4, 0.5) is 4.79 Å². The van der Waals surface area contributed by atoms with E-state index in [0.29, 0.717) is 31.1 Å². The molecule has 0 radical (unpaired) electrons. The van der Waals surface area contributed by atoms with Gasteiger partial charge in [-0.1, -0.05) is 12.1 Å². The highest BCUT2D eigenvalue weighted by Crippen LogP contribution is 2.22. The molecule has 3 rings (SSSR count). The van der Waals surface area contributed by atoms with Crippen LogP contribution in [0.2, 0.25) is 0 Å². The van der Waals surface area contributed by atoms with E-state index in [1.54, 1.807) is 31.1 Å². The molecule has 1 aromatic carbocycles. The monoisotopic (exact) mass is 358 g/mol. The van der Waals surface area contributed by atoms with E-state index in [9.17, 15) is 14.4 Å². The molecule has 7 heteroatoms. The van der Waals surface area contributed by atoms with E-state index in [0.717, 1.165) is 24.8 Å². The first-order valence-corrected chi connectivity index (χ1v) is 9.11. The fourth-order valence-electron chi connectivity index (χ4n) is 3.11. The molecule has 7 nitrogen and oxygen atoms in total. The second-order valence-corrected chi connectivity index (χ2v) is 7.19. The maximum atomic E-state index is 12.5. The Labute approximate surface area is 153 Å². The Morgan fingerprint density at radius 1 is 1.12 bits per heavy atom. The van der Waals surface area contributed by atoms with Crippen molar-refractivity contribution in [3.05, 3.63) is 35.4 Å². The summed E-state index contributed by atoms with van der Waals surface area (Å²) in [5, 5.41) is 5.86. The number of nitrogens with zero attached hydrogens (tertiary/aromatic N) is 2. The molecule has 0 bridgehead atoms. The molecule has 2 fully saturated rings. The quantitative estimate of drug-likeness (QED) is 0.833. The molecule has 1 heterocycles. The Morgan fingerprint density at radius 3 is 2.42 bits per heavy atom. The maximum Gasteiger partial charge on any atom is 0.318 e. The van der Waals surface area contributed by atoms with Crippen molar-refractivity contribution in [1.29, 1.82) is 0 Å². The van der Waals surface area contributed by atoms with Crippen LogP contribution in [-0.4, -0.2) is 60.4 Å². The van der Waals surface area contributed by atoms with Gasteiger partial charge in [0.15, 0.2) is 0 Å². The Hall–Kier alpha value is -2.57. The smallest absolute Gasteiger partial charge is 0.318 e. The summed E-state index contributed by atoms with van der Waals surface area (Å²) >= 11 is 0. The van der Waals surface area contributed by atoms with E-state index in [1.165, 1.54) is 4.90 Å². The van der Waals surface area contributed by atoms with Crippen LogP contribution in [0.1, 0.15) is 41.6 Å². The van der Waals surface area contributed by atoms with Crippen LogP contribution in [0.25, 0.3) is 0 Å². The number of rotatable bonds is 5. The summed E-state index contributed by atoms with van der Waals surface area (Å²) in [7, 11) is 3.42. The first kappa shape index (κ1) is 18.2. The Morgan fingerprint density at radius 2 is 1.81 bits per heavy atom. The van der Waals surface area contributed by atoms with Gasteiger partial charge in [0.1, 0.15) is 6.04 Å². The third-order valence-corrected chi connectivity index (χ3v) is 4.79. The van der Waals surface area contributed by atoms with E-state index in [1.807, 2.05) is 12.1 Å². The molecule has 1 saturated carbocycles. The van der Waals surface area contributed by atoms with Gasteiger partial charge >= 0.3 is 6.03 Å². The fraction of sp³-hybridized carbons (Fsp3) is 0.526. The van der Waals surface area contributed by atoms with Crippen LogP contribution in [0.5, 0.6) is 0 Å². The Bertz CT molecular complexity index is 683. The standard InChI is InChI=1S/C19H26N4O3/c1-22(2)18(25)14-7-5-13(6-8-14)12-20-19(26)23-11-3-4-16(23)17(24)21-15-9-10-15/h5-8,15-16H,3-4,9-12H2,1-2H3,(H,20,26)(H,21,24). The lowest BCUT2D eigenvalue weighted by molar-refractivity contribution is -0.124. The topological polar surface area (TPSA) is 81.8 Å². The average Bonchev–Trinajstić information content (AvgIpc) is 3.30. The van der Waals surface area contributed by atoms with Crippen LogP contribution < -0.4 is 10.6 Å². The second kappa shape index (κ2) is 7.76. The summed E-state index contributed by atoms with van der Waals surface area (Å²) in [4.78, 5) is 39.8. The van der Waals surface area contributed by atoms with E-state index in [4.69, 9.17) is 0 Å². The molecule has 140 valence electrons. The van der Waals surface area contributed by atoms with E-state index in [2.05, 4.69) is 10.6 Å². The van der Waals surface area contributed by atoms with Gasteiger partial charge in [0.25, 0.3) is 5.91 Å². The molecule has 1 aromatic rings. The van der Waals surface area contributed by atoms with Crippen molar-refractivity contribution >= 4 is 17.8 Å². The zero-order valence-electron chi connectivity index (χ0n) is 15.3. The average molecular weight is 358 g/mol. The number of urea groups is 1. The number of likely N-dealkylation sites (tertiary alicyclic amines) is 1. The number of nitrogens with one attached hydrogen (secondary N) is 2. The zero-order chi connectivity index (χ0) is 18.7. The van der Waals surface area contributed by atoms with Gasteiger partial charge in [-0.05, 0) is 43.4 Å². The lowest BCUT2D eigenvalue weighted by Crippen LogP contribution is -2.49. The molecule has 0 aromatic heterocycles. The summed E-state index contributed by atoms with van der Waals surface area (Å²) in [5.41, 5.74) is 1.52. The molecule has 1 aliphatic heterocycles. The number of carbonyl (C=O) groups excluding carboxylic acids is 3. The Balaban J connectivity index is 1.52. The van der Waals surface area contributed by atoms with E-state index in [-0.39, 0.29) is 23.9 Å². The molecular weight excluding hydrogens is 332 g/mol. The van der Waals surface area contributed by atoms with Crippen LogP contribution in [-0.2, 0) is 11.3 Å².